The van der Waals surface area contributed by atoms with Gasteiger partial charge < -0.3 is 10.3 Å². The molecule has 2 heterocycles. The molecule has 7 heteroatoms. The number of aryl methyl sites for hydroxylation is 2. The highest BCUT2D eigenvalue weighted by atomic mass is 16.2. The van der Waals surface area contributed by atoms with Crippen molar-refractivity contribution in [3.05, 3.63) is 46.1 Å². The van der Waals surface area contributed by atoms with Gasteiger partial charge in [0.1, 0.15) is 5.56 Å². The van der Waals surface area contributed by atoms with Gasteiger partial charge >= 0.3 is 0 Å². The first kappa shape index (κ1) is 13.0. The molecule has 0 saturated carbocycles. The monoisotopic (exact) mass is 261 g/mol. The van der Waals surface area contributed by atoms with Gasteiger partial charge in [-0.2, -0.15) is 0 Å². The van der Waals surface area contributed by atoms with E-state index in [-0.39, 0.29) is 16.9 Å². The van der Waals surface area contributed by atoms with Crippen LogP contribution < -0.4 is 10.7 Å². The summed E-state index contributed by atoms with van der Waals surface area (Å²) < 4.78 is 1.69. The molecule has 0 fully saturated rings. The van der Waals surface area contributed by atoms with E-state index in [1.54, 1.807) is 24.0 Å². The van der Waals surface area contributed by atoms with Gasteiger partial charge in [-0.05, 0) is 13.3 Å². The third kappa shape index (κ3) is 3.51. The molecule has 0 aliphatic rings. The second-order valence-electron chi connectivity index (χ2n) is 4.17. The maximum Gasteiger partial charge on any atom is 0.256 e. The van der Waals surface area contributed by atoms with Crippen molar-refractivity contribution in [3.63, 3.8) is 0 Å². The molecule has 0 radical (unpaired) electrons. The molecule has 0 aromatic carbocycles. The number of carbonyl (C=O) groups is 1. The van der Waals surface area contributed by atoms with Crippen molar-refractivity contribution in [2.24, 2.45) is 0 Å². The molecule has 19 heavy (non-hydrogen) atoms. The van der Waals surface area contributed by atoms with Gasteiger partial charge in [-0.3, -0.25) is 14.3 Å². The SMILES string of the molecule is Cc1cc(=O)c(C(=O)NCCCn2ccnn2)c[nH]1. The summed E-state index contributed by atoms with van der Waals surface area (Å²) in [7, 11) is 0. The lowest BCUT2D eigenvalue weighted by atomic mass is 10.2. The fourth-order valence-electron chi connectivity index (χ4n) is 1.64. The first-order chi connectivity index (χ1) is 9.16. The van der Waals surface area contributed by atoms with Gasteiger partial charge in [0.2, 0.25) is 0 Å². The van der Waals surface area contributed by atoms with E-state index >= 15 is 0 Å². The molecule has 2 aromatic rings. The number of pyridine rings is 1. The summed E-state index contributed by atoms with van der Waals surface area (Å²) in [6, 6.07) is 1.41. The lowest BCUT2D eigenvalue weighted by Crippen LogP contribution is -2.30. The van der Waals surface area contributed by atoms with E-state index in [1.807, 2.05) is 0 Å². The summed E-state index contributed by atoms with van der Waals surface area (Å²) in [4.78, 5) is 26.2. The van der Waals surface area contributed by atoms with Crippen molar-refractivity contribution in [1.82, 2.24) is 25.3 Å². The lowest BCUT2D eigenvalue weighted by molar-refractivity contribution is 0.0951. The van der Waals surface area contributed by atoms with Gasteiger partial charge in [-0.15, -0.1) is 5.10 Å². The smallest absolute Gasteiger partial charge is 0.256 e. The molecule has 100 valence electrons. The molecule has 7 nitrogen and oxygen atoms in total. The highest BCUT2D eigenvalue weighted by Gasteiger charge is 2.09. The third-order valence-electron chi connectivity index (χ3n) is 2.62. The molecule has 1 amide bonds. The van der Waals surface area contributed by atoms with Crippen LogP contribution in [0, 0.1) is 6.92 Å². The van der Waals surface area contributed by atoms with E-state index in [4.69, 9.17) is 0 Å². The Morgan fingerprint density at radius 1 is 1.53 bits per heavy atom. The Kier molecular flexibility index (Phi) is 4.07. The predicted octanol–water partition coefficient (Wildman–Crippen LogP) is 0.0949. The van der Waals surface area contributed by atoms with Crippen LogP contribution in [0.4, 0.5) is 0 Å². The molecule has 2 aromatic heterocycles. The molecule has 0 aliphatic carbocycles. The highest BCUT2D eigenvalue weighted by molar-refractivity contribution is 5.93. The van der Waals surface area contributed by atoms with Gasteiger partial charge in [0.15, 0.2) is 5.43 Å². The maximum atomic E-state index is 11.8. The molecule has 2 rings (SSSR count). The van der Waals surface area contributed by atoms with Crippen LogP contribution in [0.2, 0.25) is 0 Å². The Morgan fingerprint density at radius 3 is 3.05 bits per heavy atom. The number of amides is 1. The number of rotatable bonds is 5. The molecule has 2 N–H and O–H groups in total. The van der Waals surface area contributed by atoms with Crippen LogP contribution in [-0.2, 0) is 6.54 Å². The van der Waals surface area contributed by atoms with Crippen molar-refractivity contribution < 1.29 is 4.79 Å². The second-order valence-corrected chi connectivity index (χ2v) is 4.17. The minimum absolute atomic E-state index is 0.131. The molecule has 0 spiro atoms. The van der Waals surface area contributed by atoms with Crippen LogP contribution in [0.1, 0.15) is 22.5 Å². The number of aromatic amines is 1. The fraction of sp³-hybridized carbons (Fsp3) is 0.333. The Labute approximate surface area is 109 Å². The zero-order valence-corrected chi connectivity index (χ0v) is 10.6. The highest BCUT2D eigenvalue weighted by Crippen LogP contribution is 1.93. The topological polar surface area (TPSA) is 92.7 Å². The largest absolute Gasteiger partial charge is 0.364 e. The summed E-state index contributed by atoms with van der Waals surface area (Å²) in [6.45, 7) is 2.91. The number of nitrogens with one attached hydrogen (secondary N) is 2. The van der Waals surface area contributed by atoms with Crippen molar-refractivity contribution in [3.8, 4) is 0 Å². The van der Waals surface area contributed by atoms with E-state index in [2.05, 4.69) is 20.6 Å². The van der Waals surface area contributed by atoms with Gasteiger partial charge in [0.25, 0.3) is 5.91 Å². The van der Waals surface area contributed by atoms with Crippen LogP contribution in [0.25, 0.3) is 0 Å². The minimum Gasteiger partial charge on any atom is -0.364 e. The number of carbonyl (C=O) groups excluding carboxylic acids is 1. The Morgan fingerprint density at radius 2 is 2.37 bits per heavy atom. The first-order valence-electron chi connectivity index (χ1n) is 5.98. The Hall–Kier alpha value is -2.44. The van der Waals surface area contributed by atoms with Crippen LogP contribution in [0.5, 0.6) is 0 Å². The van der Waals surface area contributed by atoms with Crippen LogP contribution in [0.15, 0.2) is 29.5 Å². The standard InChI is InChI=1S/C12H15N5O2/c1-9-7-11(18)10(8-14-9)12(19)13-3-2-5-17-6-4-15-16-17/h4,6-8H,2-3,5H2,1H3,(H,13,19)(H,14,18). The second kappa shape index (κ2) is 5.94. The van der Waals surface area contributed by atoms with E-state index in [1.165, 1.54) is 12.3 Å². The number of hydrogen-bond acceptors (Lipinski definition) is 4. The first-order valence-corrected chi connectivity index (χ1v) is 5.98. The van der Waals surface area contributed by atoms with E-state index in [9.17, 15) is 9.59 Å². The summed E-state index contributed by atoms with van der Waals surface area (Å²) in [5.41, 5.74) is 0.587. The predicted molar refractivity (Wildman–Crippen MR) is 68.8 cm³/mol. The van der Waals surface area contributed by atoms with Gasteiger partial charge in [-0.1, -0.05) is 5.21 Å². The van der Waals surface area contributed by atoms with E-state index < -0.39 is 0 Å². The number of hydrogen-bond donors (Lipinski definition) is 2. The van der Waals surface area contributed by atoms with E-state index in [0.29, 0.717) is 13.1 Å². The van der Waals surface area contributed by atoms with E-state index in [0.717, 1.165) is 12.1 Å². The van der Waals surface area contributed by atoms with Crippen molar-refractivity contribution in [2.45, 2.75) is 19.9 Å². The average molecular weight is 261 g/mol. The summed E-state index contributed by atoms with van der Waals surface area (Å²) >= 11 is 0. The van der Waals surface area contributed by atoms with Crippen molar-refractivity contribution >= 4 is 5.91 Å². The van der Waals surface area contributed by atoms with Gasteiger partial charge in [-0.25, -0.2) is 0 Å². The molecular formula is C12H15N5O2. The van der Waals surface area contributed by atoms with Crippen LogP contribution in [0.3, 0.4) is 0 Å². The lowest BCUT2D eigenvalue weighted by Gasteiger charge is -2.05. The normalized spacial score (nSPS) is 10.4. The fourth-order valence-corrected chi connectivity index (χ4v) is 1.64. The van der Waals surface area contributed by atoms with Crippen molar-refractivity contribution in [1.29, 1.82) is 0 Å². The maximum absolute atomic E-state index is 11.8. The molecule has 0 unspecified atom stereocenters. The van der Waals surface area contributed by atoms with Gasteiger partial charge in [0, 0.05) is 37.2 Å². The summed E-state index contributed by atoms with van der Waals surface area (Å²) in [5, 5.41) is 10.2. The summed E-state index contributed by atoms with van der Waals surface area (Å²) in [5.74, 6) is -0.361. The third-order valence-corrected chi connectivity index (χ3v) is 2.62. The minimum atomic E-state index is -0.361. The quantitative estimate of drug-likeness (QED) is 0.746. The van der Waals surface area contributed by atoms with Gasteiger partial charge in [0.05, 0.1) is 6.20 Å². The molecule has 0 aliphatic heterocycles. The Balaban J connectivity index is 1.82. The zero-order valence-electron chi connectivity index (χ0n) is 10.6. The number of aromatic nitrogens is 4. The van der Waals surface area contributed by atoms with Crippen molar-refractivity contribution in [2.75, 3.05) is 6.54 Å². The molecular weight excluding hydrogens is 246 g/mol. The zero-order chi connectivity index (χ0) is 13.7. The Bertz CT molecular complexity index is 603. The number of nitrogens with zero attached hydrogens (tertiary/aromatic N) is 3. The number of H-pyrrole nitrogens is 1. The molecule has 0 saturated heterocycles. The van der Waals surface area contributed by atoms with Crippen LogP contribution in [-0.4, -0.2) is 32.4 Å². The molecule has 0 bridgehead atoms. The average Bonchev–Trinajstić information content (AvgIpc) is 2.87. The molecule has 0 atom stereocenters. The summed E-state index contributed by atoms with van der Waals surface area (Å²) in [6.07, 6.45) is 5.51. The van der Waals surface area contributed by atoms with Crippen LogP contribution >= 0.6 is 0 Å².